The third-order valence-corrected chi connectivity index (χ3v) is 7.44. The fourth-order valence-corrected chi connectivity index (χ4v) is 6.01. The number of fused-ring (bicyclic) bond motifs is 3. The van der Waals surface area contributed by atoms with Crippen LogP contribution in [0.3, 0.4) is 0 Å². The van der Waals surface area contributed by atoms with Crippen molar-refractivity contribution < 1.29 is 0 Å². The Labute approximate surface area is 173 Å². The van der Waals surface area contributed by atoms with Crippen molar-refractivity contribution >= 4 is 33.3 Å². The summed E-state index contributed by atoms with van der Waals surface area (Å²) >= 11 is 3.05. The highest BCUT2D eigenvalue weighted by Gasteiger charge is 2.25. The zero-order valence-electron chi connectivity index (χ0n) is 16.1. The Bertz CT molecular complexity index is 1090. The molecule has 2 unspecified atom stereocenters. The molecule has 6 heteroatoms. The van der Waals surface area contributed by atoms with E-state index in [9.17, 15) is 10.1 Å². The van der Waals surface area contributed by atoms with Gasteiger partial charge in [-0.05, 0) is 49.7 Å². The summed E-state index contributed by atoms with van der Waals surface area (Å²) < 4.78 is 1.79. The Kier molecular flexibility index (Phi) is 5.56. The first-order chi connectivity index (χ1) is 13.6. The second-order valence-electron chi connectivity index (χ2n) is 7.51. The van der Waals surface area contributed by atoms with Crippen molar-refractivity contribution in [1.29, 1.82) is 5.26 Å². The van der Waals surface area contributed by atoms with Crippen LogP contribution in [0.4, 0.5) is 0 Å². The molecule has 1 aliphatic rings. The Balaban J connectivity index is 1.80. The zero-order chi connectivity index (χ0) is 19.7. The van der Waals surface area contributed by atoms with Crippen LogP contribution in [0.1, 0.15) is 36.3 Å². The van der Waals surface area contributed by atoms with Crippen molar-refractivity contribution in [2.75, 3.05) is 0 Å². The smallest absolute Gasteiger partial charge is 0.263 e. The summed E-state index contributed by atoms with van der Waals surface area (Å²) in [6.45, 7) is 4.70. The summed E-state index contributed by atoms with van der Waals surface area (Å²) in [4.78, 5) is 20.5. The molecule has 4 rings (SSSR count). The molecule has 0 amide bonds. The average molecular weight is 410 g/mol. The summed E-state index contributed by atoms with van der Waals surface area (Å²) in [6, 6.07) is 12.4. The summed E-state index contributed by atoms with van der Waals surface area (Å²) in [6.07, 6.45) is 3.90. The van der Waals surface area contributed by atoms with Gasteiger partial charge >= 0.3 is 0 Å². The predicted octanol–water partition coefficient (Wildman–Crippen LogP) is 4.83. The van der Waals surface area contributed by atoms with Crippen LogP contribution in [0.5, 0.6) is 0 Å². The zero-order valence-corrected chi connectivity index (χ0v) is 17.8. The van der Waals surface area contributed by atoms with Crippen molar-refractivity contribution in [3.8, 4) is 6.07 Å². The number of thioether (sulfide) groups is 1. The van der Waals surface area contributed by atoms with Gasteiger partial charge in [0.25, 0.3) is 5.56 Å². The number of thiophene rings is 1. The fourth-order valence-electron chi connectivity index (χ4n) is 3.76. The Morgan fingerprint density at radius 2 is 2.18 bits per heavy atom. The van der Waals surface area contributed by atoms with Gasteiger partial charge in [0.15, 0.2) is 5.16 Å². The number of aryl methyl sites for hydroxylation is 2. The maximum absolute atomic E-state index is 13.5. The Hall–Kier alpha value is -2.10. The van der Waals surface area contributed by atoms with E-state index in [4.69, 9.17) is 4.98 Å². The van der Waals surface area contributed by atoms with Gasteiger partial charge in [-0.2, -0.15) is 5.26 Å². The lowest BCUT2D eigenvalue weighted by Gasteiger charge is -2.18. The van der Waals surface area contributed by atoms with Crippen molar-refractivity contribution in [2.45, 2.75) is 56.5 Å². The molecule has 0 N–H and O–H groups in total. The van der Waals surface area contributed by atoms with Crippen LogP contribution in [-0.4, -0.2) is 14.8 Å². The van der Waals surface area contributed by atoms with Gasteiger partial charge in [0, 0.05) is 11.4 Å². The summed E-state index contributed by atoms with van der Waals surface area (Å²) in [7, 11) is 0. The number of nitriles is 1. The second-order valence-corrected chi connectivity index (χ2v) is 9.90. The fraction of sp³-hybridized carbons (Fsp3) is 0.409. The molecule has 0 bridgehead atoms. The van der Waals surface area contributed by atoms with E-state index in [1.165, 1.54) is 27.8 Å². The first kappa shape index (κ1) is 19.2. The number of hydrogen-bond donors (Lipinski definition) is 0. The summed E-state index contributed by atoms with van der Waals surface area (Å²) in [5, 5.41) is 10.5. The van der Waals surface area contributed by atoms with E-state index in [-0.39, 0.29) is 10.8 Å². The highest BCUT2D eigenvalue weighted by molar-refractivity contribution is 8.00. The summed E-state index contributed by atoms with van der Waals surface area (Å²) in [5.41, 5.74) is 2.47. The molecule has 0 saturated heterocycles. The van der Waals surface area contributed by atoms with Crippen LogP contribution in [0.25, 0.3) is 10.2 Å². The molecule has 1 aliphatic carbocycles. The molecule has 4 nitrogen and oxygen atoms in total. The topological polar surface area (TPSA) is 58.7 Å². The molecular formula is C22H23N3OS2. The third-order valence-electron chi connectivity index (χ3n) is 5.31. The van der Waals surface area contributed by atoms with Gasteiger partial charge in [0.05, 0.1) is 16.7 Å². The van der Waals surface area contributed by atoms with E-state index >= 15 is 0 Å². The monoisotopic (exact) mass is 409 g/mol. The minimum Gasteiger partial charge on any atom is -0.287 e. The highest BCUT2D eigenvalue weighted by Crippen LogP contribution is 2.36. The summed E-state index contributed by atoms with van der Waals surface area (Å²) in [5.74, 6) is 0.660. The molecule has 0 radical (unpaired) electrons. The quantitative estimate of drug-likeness (QED) is 0.447. The number of aromatic nitrogens is 2. The van der Waals surface area contributed by atoms with Crippen molar-refractivity contribution in [2.24, 2.45) is 5.92 Å². The maximum atomic E-state index is 13.5. The Morgan fingerprint density at radius 1 is 1.39 bits per heavy atom. The van der Waals surface area contributed by atoms with Crippen LogP contribution in [0.15, 0.2) is 40.3 Å². The highest BCUT2D eigenvalue weighted by atomic mass is 32.2. The lowest BCUT2D eigenvalue weighted by atomic mass is 9.89. The maximum Gasteiger partial charge on any atom is 0.263 e. The first-order valence-corrected chi connectivity index (χ1v) is 11.4. The van der Waals surface area contributed by atoms with Crippen LogP contribution in [-0.2, 0) is 25.8 Å². The standard InChI is InChI=1S/C22H23N3OS2/c1-14-8-9-17-18(12-14)28-20-19(17)21(26)25(22(24-20)27-15(2)13-23)11-10-16-6-4-3-5-7-16/h3-7,14-15H,8-12H2,1-2H3. The van der Waals surface area contributed by atoms with Crippen molar-refractivity contribution in [3.63, 3.8) is 0 Å². The molecular weight excluding hydrogens is 386 g/mol. The number of benzene rings is 1. The van der Waals surface area contributed by atoms with Gasteiger partial charge in [-0.15, -0.1) is 11.3 Å². The number of hydrogen-bond acceptors (Lipinski definition) is 5. The largest absolute Gasteiger partial charge is 0.287 e. The van der Waals surface area contributed by atoms with Crippen LogP contribution in [0.2, 0.25) is 0 Å². The molecule has 2 aromatic heterocycles. The molecule has 0 fully saturated rings. The minimum absolute atomic E-state index is 0.0561. The van der Waals surface area contributed by atoms with E-state index in [2.05, 4.69) is 25.1 Å². The minimum atomic E-state index is -0.248. The van der Waals surface area contributed by atoms with Crippen LogP contribution >= 0.6 is 23.1 Å². The van der Waals surface area contributed by atoms with Gasteiger partial charge in [0.1, 0.15) is 4.83 Å². The molecule has 1 aromatic carbocycles. The number of rotatable bonds is 5. The molecule has 0 spiro atoms. The molecule has 2 atom stereocenters. The molecule has 2 heterocycles. The third kappa shape index (κ3) is 3.74. The average Bonchev–Trinajstić information content (AvgIpc) is 3.05. The van der Waals surface area contributed by atoms with Crippen molar-refractivity contribution in [1.82, 2.24) is 9.55 Å². The molecule has 144 valence electrons. The van der Waals surface area contributed by atoms with E-state index in [1.54, 1.807) is 15.9 Å². The van der Waals surface area contributed by atoms with Gasteiger partial charge < -0.3 is 0 Å². The van der Waals surface area contributed by atoms with Crippen LogP contribution < -0.4 is 5.56 Å². The lowest BCUT2D eigenvalue weighted by Crippen LogP contribution is -2.25. The molecule has 0 saturated carbocycles. The van der Waals surface area contributed by atoms with E-state index in [0.717, 1.165) is 35.9 Å². The first-order valence-electron chi connectivity index (χ1n) is 9.72. The van der Waals surface area contributed by atoms with E-state index in [0.29, 0.717) is 17.6 Å². The molecule has 0 aliphatic heterocycles. The van der Waals surface area contributed by atoms with Gasteiger partial charge in [0.2, 0.25) is 0 Å². The van der Waals surface area contributed by atoms with Gasteiger partial charge in [-0.25, -0.2) is 4.98 Å². The SMILES string of the molecule is CC1CCc2c(sc3nc(SC(C)C#N)n(CCc4ccccc4)c(=O)c23)C1. The molecule has 3 aromatic rings. The van der Waals surface area contributed by atoms with Crippen LogP contribution in [0, 0.1) is 17.2 Å². The normalized spacial score (nSPS) is 17.2. The van der Waals surface area contributed by atoms with E-state index < -0.39 is 0 Å². The molecule has 28 heavy (non-hydrogen) atoms. The second kappa shape index (κ2) is 8.10. The number of nitrogens with zero attached hydrogens (tertiary/aromatic N) is 3. The predicted molar refractivity (Wildman–Crippen MR) is 116 cm³/mol. The van der Waals surface area contributed by atoms with Gasteiger partial charge in [-0.3, -0.25) is 9.36 Å². The van der Waals surface area contributed by atoms with Crippen molar-refractivity contribution in [3.05, 3.63) is 56.7 Å². The lowest BCUT2D eigenvalue weighted by molar-refractivity contribution is 0.508. The Morgan fingerprint density at radius 3 is 2.93 bits per heavy atom. The van der Waals surface area contributed by atoms with Gasteiger partial charge in [-0.1, -0.05) is 49.0 Å². The van der Waals surface area contributed by atoms with E-state index in [1.807, 2.05) is 25.1 Å².